The van der Waals surface area contributed by atoms with Crippen molar-refractivity contribution in [2.75, 3.05) is 12.4 Å². The van der Waals surface area contributed by atoms with Crippen LogP contribution in [0.25, 0.3) is 17.1 Å². The number of hydrogen-bond acceptors (Lipinski definition) is 7. The van der Waals surface area contributed by atoms with Crippen LogP contribution in [0, 0.1) is 0 Å². The van der Waals surface area contributed by atoms with Gasteiger partial charge in [0.1, 0.15) is 5.75 Å². The summed E-state index contributed by atoms with van der Waals surface area (Å²) in [5.74, 6) is -0.358. The molecular formula is C25H20BrN5O4S. The van der Waals surface area contributed by atoms with Crippen LogP contribution in [-0.4, -0.2) is 50.3 Å². The first-order valence-corrected chi connectivity index (χ1v) is 12.4. The van der Waals surface area contributed by atoms with E-state index in [0.717, 1.165) is 15.7 Å². The van der Waals surface area contributed by atoms with Crippen molar-refractivity contribution in [3.05, 3.63) is 88.9 Å². The number of thioether (sulfide) groups is 1. The van der Waals surface area contributed by atoms with E-state index in [1.165, 1.54) is 18.0 Å². The number of ether oxygens (including phenoxy) is 1. The number of aromatic nitrogens is 3. The van der Waals surface area contributed by atoms with E-state index in [4.69, 9.17) is 9.84 Å². The fourth-order valence-corrected chi connectivity index (χ4v) is 4.16. The Labute approximate surface area is 219 Å². The van der Waals surface area contributed by atoms with Gasteiger partial charge in [-0.2, -0.15) is 5.10 Å². The lowest BCUT2D eigenvalue weighted by atomic mass is 10.2. The molecule has 0 fully saturated rings. The van der Waals surface area contributed by atoms with Crippen molar-refractivity contribution in [2.45, 2.75) is 5.16 Å². The summed E-state index contributed by atoms with van der Waals surface area (Å²) in [6.45, 7) is -0.474. The highest BCUT2D eigenvalue weighted by molar-refractivity contribution is 9.10. The molecule has 0 atom stereocenters. The van der Waals surface area contributed by atoms with Crippen LogP contribution in [0.4, 0.5) is 0 Å². The zero-order valence-electron chi connectivity index (χ0n) is 18.7. The third-order valence-electron chi connectivity index (χ3n) is 4.75. The summed E-state index contributed by atoms with van der Waals surface area (Å²) in [5, 5.41) is 22.0. The summed E-state index contributed by atoms with van der Waals surface area (Å²) in [6, 6.07) is 24.2. The smallest absolute Gasteiger partial charge is 0.341 e. The molecule has 0 spiro atoms. The standard InChI is InChI=1S/C25H20BrN5O4S/c26-19-10-12-20(13-11-19)31-24(17-6-2-1-3-7-17)29-30-25(31)36-16-22(32)28-27-14-18-8-4-5-9-21(18)35-15-23(33)34/h1-14H,15-16H2,(H,28,32)(H,33,34). The van der Waals surface area contributed by atoms with Gasteiger partial charge in [-0.3, -0.25) is 9.36 Å². The average molecular weight is 566 g/mol. The number of halogens is 1. The summed E-state index contributed by atoms with van der Waals surface area (Å²) < 4.78 is 8.08. The topological polar surface area (TPSA) is 119 Å². The maximum Gasteiger partial charge on any atom is 0.341 e. The molecule has 0 saturated heterocycles. The molecular weight excluding hydrogens is 546 g/mol. The van der Waals surface area contributed by atoms with Crippen molar-refractivity contribution < 1.29 is 19.4 Å². The number of carboxylic acid groups (broad SMARTS) is 1. The molecule has 4 rings (SSSR count). The number of rotatable bonds is 10. The molecule has 0 aliphatic heterocycles. The Morgan fingerprint density at radius 1 is 1.03 bits per heavy atom. The number of carbonyl (C=O) groups is 2. The first kappa shape index (κ1) is 25.1. The van der Waals surface area contributed by atoms with Gasteiger partial charge in [-0.15, -0.1) is 10.2 Å². The van der Waals surface area contributed by atoms with Gasteiger partial charge >= 0.3 is 5.97 Å². The Hall–Kier alpha value is -3.96. The molecule has 0 radical (unpaired) electrons. The second-order valence-electron chi connectivity index (χ2n) is 7.29. The lowest BCUT2D eigenvalue weighted by Gasteiger charge is -2.10. The fraction of sp³-hybridized carbons (Fsp3) is 0.0800. The molecule has 36 heavy (non-hydrogen) atoms. The molecule has 9 nitrogen and oxygen atoms in total. The maximum absolute atomic E-state index is 12.5. The van der Waals surface area contributed by atoms with Gasteiger partial charge in [0.25, 0.3) is 5.91 Å². The molecule has 0 aliphatic carbocycles. The molecule has 2 N–H and O–H groups in total. The number of para-hydroxylation sites is 1. The van der Waals surface area contributed by atoms with Crippen molar-refractivity contribution >= 4 is 45.8 Å². The molecule has 1 heterocycles. The third-order valence-corrected chi connectivity index (χ3v) is 6.20. The predicted molar refractivity (Wildman–Crippen MR) is 141 cm³/mol. The minimum Gasteiger partial charge on any atom is -0.481 e. The van der Waals surface area contributed by atoms with E-state index in [-0.39, 0.29) is 11.7 Å². The van der Waals surface area contributed by atoms with Gasteiger partial charge in [-0.25, -0.2) is 10.2 Å². The molecule has 1 aromatic heterocycles. The van der Waals surface area contributed by atoms with E-state index in [1.54, 1.807) is 24.3 Å². The third kappa shape index (κ3) is 6.58. The van der Waals surface area contributed by atoms with Crippen molar-refractivity contribution in [1.29, 1.82) is 0 Å². The van der Waals surface area contributed by atoms with Gasteiger partial charge < -0.3 is 9.84 Å². The number of amides is 1. The number of carbonyl (C=O) groups excluding carboxylic acids is 1. The van der Waals surface area contributed by atoms with Crippen LogP contribution < -0.4 is 10.2 Å². The second kappa shape index (κ2) is 12.1. The monoisotopic (exact) mass is 565 g/mol. The summed E-state index contributed by atoms with van der Waals surface area (Å²) in [7, 11) is 0. The first-order valence-electron chi connectivity index (χ1n) is 10.7. The summed E-state index contributed by atoms with van der Waals surface area (Å²) in [5.41, 5.74) is 4.77. The molecule has 0 aliphatic rings. The van der Waals surface area contributed by atoms with Crippen LogP contribution in [-0.2, 0) is 9.59 Å². The Bertz CT molecular complexity index is 1380. The second-order valence-corrected chi connectivity index (χ2v) is 9.14. The molecule has 3 aromatic carbocycles. The van der Waals surface area contributed by atoms with Crippen LogP contribution in [0.2, 0.25) is 0 Å². The van der Waals surface area contributed by atoms with E-state index in [9.17, 15) is 9.59 Å². The van der Waals surface area contributed by atoms with Gasteiger partial charge in [0.15, 0.2) is 17.6 Å². The van der Waals surface area contributed by atoms with E-state index < -0.39 is 12.6 Å². The molecule has 0 saturated carbocycles. The Morgan fingerprint density at radius 2 is 1.75 bits per heavy atom. The summed E-state index contributed by atoms with van der Waals surface area (Å²) >= 11 is 4.69. The van der Waals surface area contributed by atoms with Crippen molar-refractivity contribution in [3.8, 4) is 22.8 Å². The van der Waals surface area contributed by atoms with E-state index in [0.29, 0.717) is 22.3 Å². The van der Waals surface area contributed by atoms with Crippen molar-refractivity contribution in [2.24, 2.45) is 5.10 Å². The van der Waals surface area contributed by atoms with Crippen molar-refractivity contribution in [3.63, 3.8) is 0 Å². The molecule has 0 unspecified atom stereocenters. The number of nitrogens with zero attached hydrogens (tertiary/aromatic N) is 4. The number of hydrazone groups is 1. The highest BCUT2D eigenvalue weighted by Gasteiger charge is 2.17. The fourth-order valence-electron chi connectivity index (χ4n) is 3.15. The largest absolute Gasteiger partial charge is 0.481 e. The molecule has 11 heteroatoms. The molecule has 4 aromatic rings. The lowest BCUT2D eigenvalue weighted by molar-refractivity contribution is -0.139. The number of benzene rings is 3. The number of nitrogens with one attached hydrogen (secondary N) is 1. The van der Waals surface area contributed by atoms with Crippen molar-refractivity contribution in [1.82, 2.24) is 20.2 Å². The number of hydrogen-bond donors (Lipinski definition) is 2. The van der Waals surface area contributed by atoms with Crippen LogP contribution in [0.5, 0.6) is 5.75 Å². The van der Waals surface area contributed by atoms with Gasteiger partial charge in [-0.1, -0.05) is 70.2 Å². The number of aliphatic carboxylic acids is 1. The minimum atomic E-state index is -1.08. The Balaban J connectivity index is 1.45. The van der Waals surface area contributed by atoms with Gasteiger partial charge in [0.2, 0.25) is 0 Å². The molecule has 182 valence electrons. The normalized spacial score (nSPS) is 10.9. The Kier molecular flexibility index (Phi) is 8.48. The predicted octanol–water partition coefficient (Wildman–Crippen LogP) is 4.40. The SMILES string of the molecule is O=C(O)COc1ccccc1C=NNC(=O)CSc1nnc(-c2ccccc2)n1-c1ccc(Br)cc1. The van der Waals surface area contributed by atoms with Gasteiger partial charge in [0, 0.05) is 21.3 Å². The highest BCUT2D eigenvalue weighted by Crippen LogP contribution is 2.28. The molecule has 1 amide bonds. The zero-order chi connectivity index (χ0) is 25.3. The summed E-state index contributed by atoms with van der Waals surface area (Å²) in [4.78, 5) is 23.2. The maximum atomic E-state index is 12.5. The number of carboxylic acids is 1. The first-order chi connectivity index (χ1) is 17.5. The average Bonchev–Trinajstić information content (AvgIpc) is 3.32. The lowest BCUT2D eigenvalue weighted by Crippen LogP contribution is -2.20. The van der Waals surface area contributed by atoms with Gasteiger partial charge in [0.05, 0.1) is 12.0 Å². The minimum absolute atomic E-state index is 0.0535. The van der Waals surface area contributed by atoms with E-state index in [2.05, 4.69) is 36.7 Å². The van der Waals surface area contributed by atoms with Crippen LogP contribution in [0.3, 0.4) is 0 Å². The quantitative estimate of drug-likeness (QED) is 0.166. The van der Waals surface area contributed by atoms with E-state index in [1.807, 2.05) is 59.2 Å². The highest BCUT2D eigenvalue weighted by atomic mass is 79.9. The zero-order valence-corrected chi connectivity index (χ0v) is 21.1. The Morgan fingerprint density at radius 3 is 2.50 bits per heavy atom. The van der Waals surface area contributed by atoms with Crippen LogP contribution >= 0.6 is 27.7 Å². The molecule has 0 bridgehead atoms. The van der Waals surface area contributed by atoms with Crippen LogP contribution in [0.15, 0.2) is 93.6 Å². The van der Waals surface area contributed by atoms with Gasteiger partial charge in [-0.05, 0) is 36.4 Å². The van der Waals surface area contributed by atoms with E-state index >= 15 is 0 Å². The van der Waals surface area contributed by atoms with Crippen LogP contribution in [0.1, 0.15) is 5.56 Å². The summed E-state index contributed by atoms with van der Waals surface area (Å²) in [6.07, 6.45) is 1.40.